The molecule has 0 aliphatic rings. The lowest BCUT2D eigenvalue weighted by atomic mass is 10.1. The van der Waals surface area contributed by atoms with Crippen molar-refractivity contribution in [1.29, 1.82) is 0 Å². The van der Waals surface area contributed by atoms with Crippen molar-refractivity contribution < 1.29 is 98.1 Å². The van der Waals surface area contributed by atoms with Crippen molar-refractivity contribution in [1.82, 2.24) is 0 Å². The lowest BCUT2D eigenvalue weighted by molar-refractivity contribution is -0.396. The summed E-state index contributed by atoms with van der Waals surface area (Å²) in [6.45, 7) is -0.329. The summed E-state index contributed by atoms with van der Waals surface area (Å²) >= 11 is 0. The Balaban J connectivity index is 0.912. The minimum atomic E-state index is -4.27. The maximum Gasteiger partial charge on any atom is 0.389 e. The number of nitro groups is 2. The van der Waals surface area contributed by atoms with Gasteiger partial charge in [0.05, 0.1) is 66.2 Å². The minimum absolute atomic E-state index is 0.0757. The van der Waals surface area contributed by atoms with Crippen molar-refractivity contribution in [3.63, 3.8) is 0 Å². The molecular weight excluding hydrogens is 1120 g/mol. The molecule has 0 radical (unpaired) electrons. The minimum Gasteiger partial charge on any atom is -0.494 e. The Morgan fingerprint density at radius 3 is 1.12 bits per heavy atom. The highest BCUT2D eigenvalue weighted by Crippen LogP contribution is 2.39. The highest BCUT2D eigenvalue weighted by molar-refractivity contribution is 5.93. The van der Waals surface area contributed by atoms with Gasteiger partial charge in [0.15, 0.2) is 0 Å². The summed E-state index contributed by atoms with van der Waals surface area (Å²) in [5.41, 5.74) is -0.431. The second-order valence-corrected chi connectivity index (χ2v) is 18.3. The van der Waals surface area contributed by atoms with E-state index in [-0.39, 0.29) is 75.1 Å². The van der Waals surface area contributed by atoms with E-state index in [1.165, 1.54) is 97.1 Å². The number of hydrogen-bond donors (Lipinski definition) is 0. The summed E-state index contributed by atoms with van der Waals surface area (Å²) in [6.07, 6.45) is -1.59. The normalized spacial score (nSPS) is 11.5. The van der Waals surface area contributed by atoms with E-state index in [2.05, 4.69) is 0 Å². The third kappa shape index (κ3) is 24.8. The number of unbranched alkanes of at least 4 members (excludes halogenated alkanes) is 6. The fourth-order valence-corrected chi connectivity index (χ4v) is 7.37. The van der Waals surface area contributed by atoms with Crippen LogP contribution in [0.3, 0.4) is 0 Å². The maximum absolute atomic E-state index is 12.8. The summed E-state index contributed by atoms with van der Waals surface area (Å²) in [7, 11) is 0. The van der Waals surface area contributed by atoms with Gasteiger partial charge in [-0.3, -0.25) is 20.2 Å². The number of halogens is 6. The molecule has 84 heavy (non-hydrogen) atoms. The van der Waals surface area contributed by atoms with Gasteiger partial charge in [-0.05, 0) is 160 Å². The van der Waals surface area contributed by atoms with E-state index in [0.717, 1.165) is 12.1 Å². The van der Waals surface area contributed by atoms with Crippen LogP contribution in [0.25, 0.3) is 12.2 Å². The number of benzene rings is 5. The molecule has 5 rings (SSSR count). The number of esters is 5. The number of alkyl halides is 6. The molecule has 5 aromatic rings. The molecule has 0 heterocycles. The molecule has 0 saturated heterocycles. The van der Waals surface area contributed by atoms with E-state index >= 15 is 0 Å². The molecule has 0 aromatic heterocycles. The topological polar surface area (TPSA) is 245 Å². The van der Waals surface area contributed by atoms with Gasteiger partial charge in [-0.2, -0.15) is 26.3 Å². The summed E-state index contributed by atoms with van der Waals surface area (Å²) in [6, 6.07) is 25.6. The van der Waals surface area contributed by atoms with Crippen LogP contribution in [0.4, 0.5) is 37.7 Å². The standard InChI is InChI=1S/C59H58F6N2O17/c60-58(61,62)31-9-37-77-46-25-17-43(18-26-46)56(71)83-48-21-11-41(12-22-48)15-29-52(68)79-33-5-1-3-7-35-81-54-50(66(73)74)39-45(40-51(54)67(75)76)55(70)82-36-8-4-2-6-34-80-53(69)30-16-42-13-23-49(24-14-42)84-57(72)44-19-27-47(28-20-44)78-38-10-32-59(63,64)65/h11-30,39-40H,1-10,31-38H2/b29-15+,30-16+. The van der Waals surface area contributed by atoms with Crippen LogP contribution in [-0.4, -0.2) is 91.7 Å². The Kier molecular flexibility index (Phi) is 26.2. The van der Waals surface area contributed by atoms with E-state index < -0.39 is 87.6 Å². The second kappa shape index (κ2) is 33.6. The fraction of sp³-hybridized carbons (Fsp3) is 0.339. The first kappa shape index (κ1) is 65.5. The fourth-order valence-electron chi connectivity index (χ4n) is 7.37. The van der Waals surface area contributed by atoms with E-state index in [1.807, 2.05) is 0 Å². The number of nitro benzene ring substituents is 2. The monoisotopic (exact) mass is 1180 g/mol. The van der Waals surface area contributed by atoms with Gasteiger partial charge >= 0.3 is 53.6 Å². The molecule has 0 saturated carbocycles. The first-order valence-electron chi connectivity index (χ1n) is 26.3. The SMILES string of the molecule is O=C(/C=C/c1ccc(OC(=O)c2ccc(OCCCC(F)(F)F)cc2)cc1)OCCCCCCOC(=O)c1cc([N+](=O)[O-])c(OCCCCCCOC(=O)/C=C/c2ccc(OC(=O)c3ccc(OCCCC(F)(F)F)cc3)cc2)c([N+](=O)[O-])c1. The Bertz CT molecular complexity index is 3000. The Hall–Kier alpha value is -9.29. The molecule has 448 valence electrons. The largest absolute Gasteiger partial charge is 0.494 e. The average Bonchev–Trinajstić information content (AvgIpc) is 3.67. The Morgan fingerprint density at radius 2 is 0.750 bits per heavy atom. The Morgan fingerprint density at radius 1 is 0.405 bits per heavy atom. The quantitative estimate of drug-likeness (QED) is 0.00543. The van der Waals surface area contributed by atoms with Gasteiger partial charge in [-0.15, -0.1) is 0 Å². The molecule has 0 atom stereocenters. The average molecular weight is 1180 g/mol. The van der Waals surface area contributed by atoms with Crippen molar-refractivity contribution >= 4 is 53.4 Å². The van der Waals surface area contributed by atoms with Crippen molar-refractivity contribution in [2.24, 2.45) is 0 Å². The van der Waals surface area contributed by atoms with Crippen LogP contribution < -0.4 is 23.7 Å². The first-order valence-corrected chi connectivity index (χ1v) is 26.3. The van der Waals surface area contributed by atoms with Crippen LogP contribution in [0.15, 0.2) is 121 Å². The Labute approximate surface area is 477 Å². The summed E-state index contributed by atoms with van der Waals surface area (Å²) < 4.78 is 116. The molecule has 0 spiro atoms. The van der Waals surface area contributed by atoms with Crippen LogP contribution >= 0.6 is 0 Å². The van der Waals surface area contributed by atoms with Gasteiger partial charge in [0, 0.05) is 37.1 Å². The molecule has 5 aromatic carbocycles. The van der Waals surface area contributed by atoms with E-state index in [0.29, 0.717) is 74.0 Å². The number of hydrogen-bond acceptors (Lipinski definition) is 17. The highest BCUT2D eigenvalue weighted by atomic mass is 19.4. The number of nitrogens with zero attached hydrogens (tertiary/aromatic N) is 2. The van der Waals surface area contributed by atoms with Crippen molar-refractivity contribution in [3.8, 4) is 28.7 Å². The van der Waals surface area contributed by atoms with Crippen LogP contribution in [-0.2, 0) is 23.8 Å². The summed E-state index contributed by atoms with van der Waals surface area (Å²) in [5.74, 6) is -3.16. The zero-order valence-electron chi connectivity index (χ0n) is 45.0. The maximum atomic E-state index is 12.8. The van der Waals surface area contributed by atoms with E-state index in [9.17, 15) is 70.5 Å². The smallest absolute Gasteiger partial charge is 0.389 e. The summed E-state index contributed by atoms with van der Waals surface area (Å²) in [4.78, 5) is 84.5. The van der Waals surface area contributed by atoms with Gasteiger partial charge < -0.3 is 37.9 Å². The van der Waals surface area contributed by atoms with Crippen LogP contribution in [0.5, 0.6) is 28.7 Å². The predicted molar refractivity (Wildman–Crippen MR) is 290 cm³/mol. The van der Waals surface area contributed by atoms with Gasteiger partial charge in [0.2, 0.25) is 0 Å². The predicted octanol–water partition coefficient (Wildman–Crippen LogP) is 13.6. The van der Waals surface area contributed by atoms with Crippen molar-refractivity contribution in [3.05, 3.63) is 169 Å². The molecular formula is C59H58F6N2O17. The van der Waals surface area contributed by atoms with Crippen molar-refractivity contribution in [2.75, 3.05) is 39.6 Å². The van der Waals surface area contributed by atoms with Gasteiger partial charge in [-0.1, -0.05) is 24.3 Å². The molecule has 0 aliphatic carbocycles. The molecule has 0 bridgehead atoms. The molecule has 0 amide bonds. The highest BCUT2D eigenvalue weighted by Gasteiger charge is 2.31. The van der Waals surface area contributed by atoms with Crippen molar-refractivity contribution in [2.45, 2.75) is 89.4 Å². The number of ether oxygens (including phenoxy) is 8. The third-order valence-electron chi connectivity index (χ3n) is 11.7. The van der Waals surface area contributed by atoms with Crippen LogP contribution in [0.2, 0.25) is 0 Å². The van der Waals surface area contributed by atoms with E-state index in [1.54, 1.807) is 24.3 Å². The van der Waals surface area contributed by atoms with Gasteiger partial charge in [0.25, 0.3) is 5.75 Å². The molecule has 19 nitrogen and oxygen atoms in total. The van der Waals surface area contributed by atoms with Gasteiger partial charge in [0.1, 0.15) is 23.0 Å². The molecule has 0 aliphatic heterocycles. The van der Waals surface area contributed by atoms with Gasteiger partial charge in [-0.25, -0.2) is 24.0 Å². The summed E-state index contributed by atoms with van der Waals surface area (Å²) in [5, 5.41) is 23.9. The third-order valence-corrected chi connectivity index (χ3v) is 11.7. The number of carbonyl (C=O) groups is 5. The molecule has 0 unspecified atom stereocenters. The molecule has 0 N–H and O–H groups in total. The zero-order chi connectivity index (χ0) is 60.9. The van der Waals surface area contributed by atoms with E-state index in [4.69, 9.17) is 37.9 Å². The first-order chi connectivity index (χ1) is 40.1. The van der Waals surface area contributed by atoms with Crippen LogP contribution in [0, 0.1) is 20.2 Å². The second-order valence-electron chi connectivity index (χ2n) is 18.3. The van der Waals surface area contributed by atoms with Crippen LogP contribution in [0.1, 0.15) is 119 Å². The lowest BCUT2D eigenvalue weighted by Crippen LogP contribution is -2.10. The molecule has 0 fully saturated rings. The number of carbonyl (C=O) groups excluding carboxylic acids is 5. The zero-order valence-corrected chi connectivity index (χ0v) is 45.0. The molecule has 25 heteroatoms. The number of rotatable bonds is 34. The lowest BCUT2D eigenvalue weighted by Gasteiger charge is -2.10.